The number of aryl methyl sites for hydroxylation is 1. The lowest BCUT2D eigenvalue weighted by Crippen LogP contribution is -2.07. The molecule has 0 aromatic heterocycles. The van der Waals surface area contributed by atoms with Crippen LogP contribution in [0.3, 0.4) is 0 Å². The fraction of sp³-hybridized carbons (Fsp3) is 0.278. The number of ether oxygens (including phenoxy) is 2. The van der Waals surface area contributed by atoms with Gasteiger partial charge in [-0.2, -0.15) is 0 Å². The fourth-order valence-corrected chi connectivity index (χ4v) is 2.67. The minimum absolute atomic E-state index is 0.140. The van der Waals surface area contributed by atoms with Crippen LogP contribution in [0.1, 0.15) is 12.5 Å². The molecule has 22 heavy (non-hydrogen) atoms. The SMILES string of the molecule is CCOC(=O)CSCCc1ccc(Oc2ccccc2)cc1. The van der Waals surface area contributed by atoms with Crippen molar-refractivity contribution in [1.29, 1.82) is 0 Å². The second-order valence-electron chi connectivity index (χ2n) is 4.67. The lowest BCUT2D eigenvalue weighted by molar-refractivity contribution is -0.139. The third kappa shape index (κ3) is 5.82. The zero-order valence-electron chi connectivity index (χ0n) is 12.7. The molecule has 2 rings (SSSR count). The van der Waals surface area contributed by atoms with Gasteiger partial charge < -0.3 is 9.47 Å². The fourth-order valence-electron chi connectivity index (χ4n) is 1.90. The lowest BCUT2D eigenvalue weighted by atomic mass is 10.2. The van der Waals surface area contributed by atoms with Crippen LogP contribution in [0.15, 0.2) is 54.6 Å². The smallest absolute Gasteiger partial charge is 0.315 e. The Morgan fingerprint density at radius 2 is 1.68 bits per heavy atom. The molecule has 0 unspecified atom stereocenters. The summed E-state index contributed by atoms with van der Waals surface area (Å²) in [7, 11) is 0. The molecule has 116 valence electrons. The number of hydrogen-bond donors (Lipinski definition) is 0. The average Bonchev–Trinajstić information content (AvgIpc) is 2.54. The number of carbonyl (C=O) groups is 1. The Balaban J connectivity index is 1.74. The van der Waals surface area contributed by atoms with Crippen LogP contribution in [-0.2, 0) is 16.0 Å². The van der Waals surface area contributed by atoms with E-state index in [1.165, 1.54) is 5.56 Å². The zero-order chi connectivity index (χ0) is 15.6. The van der Waals surface area contributed by atoms with E-state index in [1.54, 1.807) is 11.8 Å². The van der Waals surface area contributed by atoms with Gasteiger partial charge in [-0.15, -0.1) is 11.8 Å². The van der Waals surface area contributed by atoms with Crippen molar-refractivity contribution in [3.8, 4) is 11.5 Å². The molecule has 0 spiro atoms. The summed E-state index contributed by atoms with van der Waals surface area (Å²) < 4.78 is 10.6. The van der Waals surface area contributed by atoms with Crippen molar-refractivity contribution in [1.82, 2.24) is 0 Å². The van der Waals surface area contributed by atoms with E-state index in [1.807, 2.05) is 49.4 Å². The van der Waals surface area contributed by atoms with Crippen LogP contribution in [0.4, 0.5) is 0 Å². The van der Waals surface area contributed by atoms with E-state index in [-0.39, 0.29) is 5.97 Å². The summed E-state index contributed by atoms with van der Waals surface area (Å²) in [5, 5.41) is 0. The van der Waals surface area contributed by atoms with Crippen molar-refractivity contribution in [2.24, 2.45) is 0 Å². The average molecular weight is 316 g/mol. The highest BCUT2D eigenvalue weighted by Crippen LogP contribution is 2.21. The van der Waals surface area contributed by atoms with Gasteiger partial charge in [0, 0.05) is 0 Å². The number of para-hydroxylation sites is 1. The minimum atomic E-state index is -0.140. The maximum Gasteiger partial charge on any atom is 0.315 e. The van der Waals surface area contributed by atoms with Gasteiger partial charge in [-0.25, -0.2) is 0 Å². The number of thioether (sulfide) groups is 1. The number of carbonyl (C=O) groups excluding carboxylic acids is 1. The molecule has 0 N–H and O–H groups in total. The van der Waals surface area contributed by atoms with Crippen molar-refractivity contribution >= 4 is 17.7 Å². The second kappa shape index (κ2) is 9.15. The van der Waals surface area contributed by atoms with Gasteiger partial charge in [0.2, 0.25) is 0 Å². The van der Waals surface area contributed by atoms with Gasteiger partial charge in [0.25, 0.3) is 0 Å². The van der Waals surface area contributed by atoms with Gasteiger partial charge >= 0.3 is 5.97 Å². The summed E-state index contributed by atoms with van der Waals surface area (Å²) in [4.78, 5) is 11.2. The molecule has 0 aliphatic heterocycles. The summed E-state index contributed by atoms with van der Waals surface area (Å²) in [6.45, 7) is 2.27. The highest BCUT2D eigenvalue weighted by Gasteiger charge is 2.02. The molecule has 0 aliphatic rings. The predicted molar refractivity (Wildman–Crippen MR) is 90.6 cm³/mol. The molecule has 0 amide bonds. The number of hydrogen-bond acceptors (Lipinski definition) is 4. The third-order valence-electron chi connectivity index (χ3n) is 2.96. The third-order valence-corrected chi connectivity index (χ3v) is 3.90. The molecule has 0 aliphatic carbocycles. The van der Waals surface area contributed by atoms with Gasteiger partial charge in [-0.1, -0.05) is 30.3 Å². The molecule has 2 aromatic rings. The zero-order valence-corrected chi connectivity index (χ0v) is 13.5. The van der Waals surface area contributed by atoms with Crippen LogP contribution in [0.25, 0.3) is 0 Å². The van der Waals surface area contributed by atoms with Crippen LogP contribution < -0.4 is 4.74 Å². The van der Waals surface area contributed by atoms with E-state index in [2.05, 4.69) is 12.1 Å². The van der Waals surface area contributed by atoms with Gasteiger partial charge in [-0.3, -0.25) is 4.79 Å². The van der Waals surface area contributed by atoms with Crippen LogP contribution in [0.2, 0.25) is 0 Å². The number of rotatable bonds is 8. The molecular weight excluding hydrogens is 296 g/mol. The number of benzene rings is 2. The summed E-state index contributed by atoms with van der Waals surface area (Å²) in [5.74, 6) is 2.84. The topological polar surface area (TPSA) is 35.5 Å². The Hall–Kier alpha value is -1.94. The van der Waals surface area contributed by atoms with E-state index in [0.717, 1.165) is 23.7 Å². The highest BCUT2D eigenvalue weighted by atomic mass is 32.2. The van der Waals surface area contributed by atoms with E-state index in [4.69, 9.17) is 9.47 Å². The van der Waals surface area contributed by atoms with Crippen molar-refractivity contribution in [2.45, 2.75) is 13.3 Å². The molecule has 0 heterocycles. The van der Waals surface area contributed by atoms with Gasteiger partial charge in [0.15, 0.2) is 0 Å². The van der Waals surface area contributed by atoms with Crippen LogP contribution in [0.5, 0.6) is 11.5 Å². The Kier molecular flexibility index (Phi) is 6.84. The maximum absolute atomic E-state index is 11.2. The molecule has 0 fully saturated rings. The van der Waals surface area contributed by atoms with E-state index in [0.29, 0.717) is 12.4 Å². The van der Waals surface area contributed by atoms with E-state index < -0.39 is 0 Å². The predicted octanol–water partition coefficient (Wildman–Crippen LogP) is 4.32. The monoisotopic (exact) mass is 316 g/mol. The summed E-state index contributed by atoms with van der Waals surface area (Å²) in [6.07, 6.45) is 0.926. The first-order valence-corrected chi connectivity index (χ1v) is 8.48. The molecule has 0 saturated carbocycles. The second-order valence-corrected chi connectivity index (χ2v) is 5.77. The van der Waals surface area contributed by atoms with Gasteiger partial charge in [0.05, 0.1) is 12.4 Å². The Morgan fingerprint density at radius 3 is 2.36 bits per heavy atom. The molecule has 0 atom stereocenters. The van der Waals surface area contributed by atoms with Gasteiger partial charge in [-0.05, 0) is 48.9 Å². The molecule has 0 bridgehead atoms. The van der Waals surface area contributed by atoms with Crippen molar-refractivity contribution < 1.29 is 14.3 Å². The van der Waals surface area contributed by atoms with Crippen LogP contribution >= 0.6 is 11.8 Å². The highest BCUT2D eigenvalue weighted by molar-refractivity contribution is 7.99. The first kappa shape index (κ1) is 16.4. The van der Waals surface area contributed by atoms with E-state index in [9.17, 15) is 4.79 Å². The molecule has 2 aromatic carbocycles. The maximum atomic E-state index is 11.2. The Labute approximate surface area is 135 Å². The normalized spacial score (nSPS) is 10.2. The molecule has 0 saturated heterocycles. The molecule has 0 radical (unpaired) electrons. The van der Waals surface area contributed by atoms with Gasteiger partial charge in [0.1, 0.15) is 11.5 Å². The first-order chi connectivity index (χ1) is 10.8. The minimum Gasteiger partial charge on any atom is -0.465 e. The standard InChI is InChI=1S/C18H20O3S/c1-2-20-18(19)14-22-13-12-15-8-10-17(11-9-15)21-16-6-4-3-5-7-16/h3-11H,2,12-14H2,1H3. The Morgan fingerprint density at radius 1 is 1.00 bits per heavy atom. The first-order valence-electron chi connectivity index (χ1n) is 7.33. The van der Waals surface area contributed by atoms with Crippen molar-refractivity contribution in [3.05, 3.63) is 60.2 Å². The van der Waals surface area contributed by atoms with Crippen molar-refractivity contribution in [3.63, 3.8) is 0 Å². The lowest BCUT2D eigenvalue weighted by Gasteiger charge is -2.07. The Bertz CT molecular complexity index is 567. The summed E-state index contributed by atoms with van der Waals surface area (Å²) in [6, 6.07) is 17.8. The van der Waals surface area contributed by atoms with Crippen LogP contribution in [-0.4, -0.2) is 24.1 Å². The molecule has 3 nitrogen and oxygen atoms in total. The number of esters is 1. The molecule has 4 heteroatoms. The largest absolute Gasteiger partial charge is 0.465 e. The van der Waals surface area contributed by atoms with Crippen molar-refractivity contribution in [2.75, 3.05) is 18.1 Å². The summed E-state index contributed by atoms with van der Waals surface area (Å²) >= 11 is 1.60. The van der Waals surface area contributed by atoms with E-state index >= 15 is 0 Å². The van der Waals surface area contributed by atoms with Crippen LogP contribution in [0, 0.1) is 0 Å². The quantitative estimate of drug-likeness (QED) is 0.537. The summed E-state index contributed by atoms with van der Waals surface area (Å²) in [5.41, 5.74) is 1.23. The molecular formula is C18H20O3S.